The first-order valence-electron chi connectivity index (χ1n) is 10.3. The van der Waals surface area contributed by atoms with E-state index in [9.17, 15) is 18.0 Å². The molecule has 4 rings (SSSR count). The fraction of sp³-hybridized carbons (Fsp3) is 0.375. The highest BCUT2D eigenvalue weighted by Crippen LogP contribution is 2.60. The zero-order chi connectivity index (χ0) is 23.3. The van der Waals surface area contributed by atoms with Gasteiger partial charge in [0.25, 0.3) is 0 Å². The summed E-state index contributed by atoms with van der Waals surface area (Å²) in [6.45, 7) is 3.69. The van der Waals surface area contributed by atoms with Gasteiger partial charge in [0.1, 0.15) is 4.75 Å². The van der Waals surface area contributed by atoms with Gasteiger partial charge in [-0.15, -0.1) is 11.8 Å². The van der Waals surface area contributed by atoms with Crippen molar-refractivity contribution in [3.8, 4) is 0 Å². The molecular weight excluding hydrogens is 478 g/mol. The summed E-state index contributed by atoms with van der Waals surface area (Å²) in [5.41, 5.74) is 3.55. The highest BCUT2D eigenvalue weighted by atomic mass is 35.5. The van der Waals surface area contributed by atoms with Gasteiger partial charge in [0.2, 0.25) is 5.91 Å². The number of carbonyl (C=O) groups is 1. The van der Waals surface area contributed by atoms with Crippen molar-refractivity contribution >= 4 is 46.4 Å². The van der Waals surface area contributed by atoms with Gasteiger partial charge in [0.15, 0.2) is 0 Å². The summed E-state index contributed by atoms with van der Waals surface area (Å²) in [4.78, 5) is 12.1. The summed E-state index contributed by atoms with van der Waals surface area (Å²) in [6, 6.07) is 9.80. The predicted octanol–water partition coefficient (Wildman–Crippen LogP) is 7.69. The van der Waals surface area contributed by atoms with Crippen LogP contribution in [0.15, 0.2) is 41.8 Å². The normalized spacial score (nSPS) is 22.8. The number of carbonyl (C=O) groups excluding carboxylic acids is 1. The van der Waals surface area contributed by atoms with E-state index in [0.717, 1.165) is 41.3 Å². The van der Waals surface area contributed by atoms with Crippen LogP contribution in [-0.2, 0) is 16.0 Å². The Hall–Kier alpha value is -1.63. The fourth-order valence-electron chi connectivity index (χ4n) is 4.29. The minimum atomic E-state index is -4.49. The monoisotopic (exact) mass is 499 g/mol. The third-order valence-corrected chi connectivity index (χ3v) is 7.91. The molecule has 0 spiro atoms. The molecule has 2 aromatic rings. The maximum Gasteiger partial charge on any atom is 0.407 e. The quantitative estimate of drug-likeness (QED) is 0.467. The number of allylic oxidation sites excluding steroid dienone is 1. The van der Waals surface area contributed by atoms with Crippen LogP contribution < -0.4 is 5.32 Å². The molecule has 0 fully saturated rings. The number of amides is 1. The third-order valence-electron chi connectivity index (χ3n) is 6.06. The van der Waals surface area contributed by atoms with Gasteiger partial charge in [-0.1, -0.05) is 55.2 Å². The molecule has 0 radical (unpaired) electrons. The molecule has 1 aliphatic carbocycles. The van der Waals surface area contributed by atoms with Crippen molar-refractivity contribution in [3.05, 3.63) is 74.1 Å². The molecule has 2 unspecified atom stereocenters. The Balaban J connectivity index is 1.62. The molecule has 1 N–H and O–H groups in total. The number of rotatable bonds is 4. The van der Waals surface area contributed by atoms with Crippen LogP contribution in [0.5, 0.6) is 0 Å². The predicted molar refractivity (Wildman–Crippen MR) is 125 cm³/mol. The van der Waals surface area contributed by atoms with Crippen LogP contribution in [-0.4, -0.2) is 12.1 Å². The van der Waals surface area contributed by atoms with Crippen molar-refractivity contribution in [1.29, 1.82) is 0 Å². The lowest BCUT2D eigenvalue weighted by molar-refractivity contribution is -0.160. The lowest BCUT2D eigenvalue weighted by atomic mass is 9.88. The first-order chi connectivity index (χ1) is 15.0. The second-order valence-corrected chi connectivity index (χ2v) is 10.6. The van der Waals surface area contributed by atoms with Crippen molar-refractivity contribution in [1.82, 2.24) is 5.32 Å². The molecule has 1 aliphatic heterocycles. The number of hydrogen-bond donors (Lipinski definition) is 1. The molecule has 0 aromatic heterocycles. The molecule has 1 heterocycles. The van der Waals surface area contributed by atoms with Gasteiger partial charge in [0.05, 0.1) is 6.04 Å². The van der Waals surface area contributed by atoms with E-state index in [0.29, 0.717) is 5.57 Å². The van der Waals surface area contributed by atoms with E-state index in [4.69, 9.17) is 23.2 Å². The Morgan fingerprint density at radius 1 is 1.16 bits per heavy atom. The van der Waals surface area contributed by atoms with E-state index in [1.54, 1.807) is 5.41 Å². The van der Waals surface area contributed by atoms with Gasteiger partial charge in [-0.3, -0.25) is 4.79 Å². The smallest absolute Gasteiger partial charge is 0.349 e. The summed E-state index contributed by atoms with van der Waals surface area (Å²) in [5.74, 6) is -0.105. The van der Waals surface area contributed by atoms with Crippen LogP contribution in [0.25, 0.3) is 5.57 Å². The van der Waals surface area contributed by atoms with E-state index in [1.165, 1.54) is 18.2 Å². The number of fused-ring (bicyclic) bond motifs is 1. The summed E-state index contributed by atoms with van der Waals surface area (Å²) < 4.78 is 40.9. The minimum Gasteiger partial charge on any atom is -0.349 e. The SMILES string of the molecule is CC(C)C(=O)NC1CCc2cc(C3=CSC(c4cc(Cl)cc(Cl)c4)(C(F)(F)F)C3)ccc21. The van der Waals surface area contributed by atoms with Gasteiger partial charge in [-0.2, -0.15) is 13.2 Å². The summed E-state index contributed by atoms with van der Waals surface area (Å²) >= 11 is 12.8. The Bertz CT molecular complexity index is 1080. The zero-order valence-electron chi connectivity index (χ0n) is 17.5. The number of halogens is 5. The maximum atomic E-state index is 14.3. The average Bonchev–Trinajstić information content (AvgIpc) is 3.32. The minimum absolute atomic E-state index is 0.00280. The Labute approximate surface area is 199 Å². The number of hydrogen-bond acceptors (Lipinski definition) is 2. The van der Waals surface area contributed by atoms with Crippen LogP contribution in [0.1, 0.15) is 55.0 Å². The average molecular weight is 500 g/mol. The van der Waals surface area contributed by atoms with Crippen molar-refractivity contribution in [3.63, 3.8) is 0 Å². The first-order valence-corrected chi connectivity index (χ1v) is 12.0. The van der Waals surface area contributed by atoms with E-state index in [2.05, 4.69) is 5.32 Å². The Kier molecular flexibility index (Phi) is 6.34. The van der Waals surface area contributed by atoms with Crippen molar-refractivity contribution < 1.29 is 18.0 Å². The van der Waals surface area contributed by atoms with Gasteiger partial charge in [-0.25, -0.2) is 0 Å². The molecule has 0 bridgehead atoms. The maximum absolute atomic E-state index is 14.3. The lowest BCUT2D eigenvalue weighted by Gasteiger charge is -2.32. The van der Waals surface area contributed by atoms with E-state index >= 15 is 0 Å². The summed E-state index contributed by atoms with van der Waals surface area (Å²) in [7, 11) is 0. The number of alkyl halides is 3. The molecule has 0 saturated carbocycles. The first kappa shape index (κ1) is 23.5. The molecule has 0 saturated heterocycles. The second kappa shape index (κ2) is 8.62. The summed E-state index contributed by atoms with van der Waals surface area (Å²) in [6.07, 6.45) is -3.13. The molecule has 1 amide bonds. The van der Waals surface area contributed by atoms with Crippen LogP contribution in [0.3, 0.4) is 0 Å². The number of aryl methyl sites for hydroxylation is 1. The zero-order valence-corrected chi connectivity index (χ0v) is 19.9. The molecule has 32 heavy (non-hydrogen) atoms. The van der Waals surface area contributed by atoms with E-state index in [1.807, 2.05) is 32.0 Å². The van der Waals surface area contributed by atoms with Gasteiger partial charge in [-0.05, 0) is 64.3 Å². The number of benzene rings is 2. The molecule has 2 aliphatic rings. The number of thioether (sulfide) groups is 1. The molecule has 170 valence electrons. The third kappa shape index (κ3) is 4.29. The van der Waals surface area contributed by atoms with Crippen molar-refractivity contribution in [2.75, 3.05) is 0 Å². The van der Waals surface area contributed by atoms with Crippen LogP contribution >= 0.6 is 35.0 Å². The van der Waals surface area contributed by atoms with Crippen LogP contribution in [0.2, 0.25) is 10.0 Å². The van der Waals surface area contributed by atoms with Crippen LogP contribution in [0, 0.1) is 5.92 Å². The second-order valence-electron chi connectivity index (χ2n) is 8.59. The Morgan fingerprint density at radius 3 is 2.47 bits per heavy atom. The standard InChI is InChI=1S/C24H22Cl2F3NOS/c1-13(2)22(31)30-21-6-4-15-7-14(3-5-20(15)21)16-11-23(32-12-16,24(27,28)29)17-8-18(25)10-19(26)9-17/h3,5,7-10,12-13,21H,4,6,11H2,1-2H3,(H,30,31). The van der Waals surface area contributed by atoms with Gasteiger partial charge in [0, 0.05) is 22.4 Å². The summed E-state index contributed by atoms with van der Waals surface area (Å²) in [5, 5.41) is 5.01. The topological polar surface area (TPSA) is 29.1 Å². The lowest BCUT2D eigenvalue weighted by Crippen LogP contribution is -2.37. The molecule has 8 heteroatoms. The Morgan fingerprint density at radius 2 is 1.84 bits per heavy atom. The molecule has 2 nitrogen and oxygen atoms in total. The largest absolute Gasteiger partial charge is 0.407 e. The molecular formula is C24H22Cl2F3NOS. The fourth-order valence-corrected chi connectivity index (χ4v) is 6.00. The van der Waals surface area contributed by atoms with Gasteiger partial charge < -0.3 is 5.32 Å². The highest BCUT2D eigenvalue weighted by Gasteiger charge is 2.58. The highest BCUT2D eigenvalue weighted by molar-refractivity contribution is 8.03. The molecule has 2 aromatic carbocycles. The van der Waals surface area contributed by atoms with E-state index in [-0.39, 0.29) is 39.9 Å². The van der Waals surface area contributed by atoms with Crippen molar-refractivity contribution in [2.45, 2.75) is 50.1 Å². The van der Waals surface area contributed by atoms with Gasteiger partial charge >= 0.3 is 6.18 Å². The number of nitrogens with one attached hydrogen (secondary N) is 1. The van der Waals surface area contributed by atoms with Crippen molar-refractivity contribution in [2.24, 2.45) is 5.92 Å². The van der Waals surface area contributed by atoms with Crippen LogP contribution in [0.4, 0.5) is 13.2 Å². The molecule has 2 atom stereocenters. The van der Waals surface area contributed by atoms with E-state index < -0.39 is 10.9 Å².